The van der Waals surface area contributed by atoms with Crippen LogP contribution in [0.4, 0.5) is 0 Å². The summed E-state index contributed by atoms with van der Waals surface area (Å²) in [5.41, 5.74) is -0.224. The Morgan fingerprint density at radius 2 is 1.85 bits per heavy atom. The predicted octanol–water partition coefficient (Wildman–Crippen LogP) is 2.70. The second kappa shape index (κ2) is 6.11. The average molecular weight is 320 g/mol. The summed E-state index contributed by atoms with van der Waals surface area (Å²) in [6, 6.07) is 3.48. The number of carbonyl (C=O) groups is 1. The zero-order chi connectivity index (χ0) is 15.7. The molecule has 0 aliphatic heterocycles. The van der Waals surface area contributed by atoms with E-state index in [4.69, 9.17) is 16.7 Å². The number of rotatable bonds is 5. The van der Waals surface area contributed by atoms with Gasteiger partial charge in [0.1, 0.15) is 0 Å². The molecule has 0 amide bonds. The van der Waals surface area contributed by atoms with E-state index in [0.717, 1.165) is 6.07 Å². The zero-order valence-corrected chi connectivity index (χ0v) is 13.4. The van der Waals surface area contributed by atoms with Crippen molar-refractivity contribution in [2.24, 2.45) is 5.92 Å². The third kappa shape index (κ3) is 3.31. The smallest absolute Gasteiger partial charge is 0.337 e. The highest BCUT2D eigenvalue weighted by Gasteiger charge is 2.28. The molecule has 0 aromatic heterocycles. The minimum absolute atomic E-state index is 0.0102. The molecule has 0 spiro atoms. The molecule has 0 bridgehead atoms. The zero-order valence-electron chi connectivity index (χ0n) is 11.8. The van der Waals surface area contributed by atoms with Crippen molar-refractivity contribution < 1.29 is 18.3 Å². The van der Waals surface area contributed by atoms with Gasteiger partial charge in [-0.1, -0.05) is 25.4 Å². The Morgan fingerprint density at radius 1 is 1.30 bits per heavy atom. The molecule has 7 heteroatoms. The van der Waals surface area contributed by atoms with Crippen molar-refractivity contribution >= 4 is 27.6 Å². The highest BCUT2D eigenvalue weighted by Crippen LogP contribution is 2.24. The van der Waals surface area contributed by atoms with Crippen molar-refractivity contribution in [1.82, 2.24) is 4.31 Å². The number of halogens is 1. The highest BCUT2D eigenvalue weighted by atomic mass is 35.5. The van der Waals surface area contributed by atoms with Gasteiger partial charge in [0.25, 0.3) is 0 Å². The molecule has 5 nitrogen and oxygen atoms in total. The van der Waals surface area contributed by atoms with Crippen LogP contribution in [0.5, 0.6) is 0 Å². The molecule has 20 heavy (non-hydrogen) atoms. The average Bonchev–Trinajstić information content (AvgIpc) is 2.36. The Morgan fingerprint density at radius 3 is 2.30 bits per heavy atom. The molecular weight excluding hydrogens is 302 g/mol. The first-order valence-corrected chi connectivity index (χ1v) is 7.91. The Balaban J connectivity index is 3.30. The molecule has 0 aliphatic rings. The van der Waals surface area contributed by atoms with Gasteiger partial charge in [-0.05, 0) is 31.0 Å². The van der Waals surface area contributed by atoms with Crippen molar-refractivity contribution in [1.29, 1.82) is 0 Å². The van der Waals surface area contributed by atoms with Crippen LogP contribution >= 0.6 is 11.6 Å². The predicted molar refractivity (Wildman–Crippen MR) is 77.7 cm³/mol. The van der Waals surface area contributed by atoms with Crippen LogP contribution in [0, 0.1) is 5.92 Å². The summed E-state index contributed by atoms with van der Waals surface area (Å²) in [5.74, 6) is -1.12. The van der Waals surface area contributed by atoms with Gasteiger partial charge >= 0.3 is 5.97 Å². The van der Waals surface area contributed by atoms with Gasteiger partial charge in [0.2, 0.25) is 10.0 Å². The standard InChI is InChI=1S/C13H18ClNO4S/c1-8(2)9(3)15(4)20(18,19)10-5-6-12(14)11(7-10)13(16)17/h5-9H,1-4H3,(H,16,17). The Bertz CT molecular complexity index is 613. The number of nitrogens with zero attached hydrogens (tertiary/aromatic N) is 1. The first kappa shape index (κ1) is 16.9. The van der Waals surface area contributed by atoms with Crippen LogP contribution in [-0.4, -0.2) is 36.9 Å². The molecule has 1 aromatic rings. The van der Waals surface area contributed by atoms with E-state index >= 15 is 0 Å². The number of carboxylic acid groups (broad SMARTS) is 1. The molecule has 112 valence electrons. The summed E-state index contributed by atoms with van der Waals surface area (Å²) >= 11 is 5.74. The lowest BCUT2D eigenvalue weighted by atomic mass is 10.1. The maximum atomic E-state index is 12.5. The van der Waals surface area contributed by atoms with Gasteiger partial charge in [-0.3, -0.25) is 0 Å². The summed E-state index contributed by atoms with van der Waals surface area (Å²) < 4.78 is 26.2. The molecule has 1 rings (SSSR count). The molecule has 0 saturated heterocycles. The van der Waals surface area contributed by atoms with E-state index in [9.17, 15) is 13.2 Å². The van der Waals surface area contributed by atoms with Crippen LogP contribution in [0.25, 0.3) is 0 Å². The first-order chi connectivity index (χ1) is 9.09. The van der Waals surface area contributed by atoms with Crippen LogP contribution < -0.4 is 0 Å². The first-order valence-electron chi connectivity index (χ1n) is 6.10. The van der Waals surface area contributed by atoms with E-state index in [0.29, 0.717) is 0 Å². The quantitative estimate of drug-likeness (QED) is 0.905. The van der Waals surface area contributed by atoms with E-state index in [1.165, 1.54) is 23.5 Å². The van der Waals surface area contributed by atoms with Gasteiger partial charge in [-0.15, -0.1) is 0 Å². The molecule has 0 saturated carbocycles. The summed E-state index contributed by atoms with van der Waals surface area (Å²) in [7, 11) is -2.26. The van der Waals surface area contributed by atoms with E-state index in [-0.39, 0.29) is 27.4 Å². The number of hydrogen-bond donors (Lipinski definition) is 1. The van der Waals surface area contributed by atoms with Crippen molar-refractivity contribution in [2.45, 2.75) is 31.7 Å². The van der Waals surface area contributed by atoms with Gasteiger partial charge < -0.3 is 5.11 Å². The number of sulfonamides is 1. The minimum atomic E-state index is -3.74. The minimum Gasteiger partial charge on any atom is -0.478 e. The van der Waals surface area contributed by atoms with E-state index in [1.807, 2.05) is 13.8 Å². The Labute approximate surface area is 124 Å². The maximum absolute atomic E-state index is 12.5. The topological polar surface area (TPSA) is 74.7 Å². The molecule has 0 aliphatic carbocycles. The van der Waals surface area contributed by atoms with Crippen LogP contribution in [-0.2, 0) is 10.0 Å². The summed E-state index contributed by atoms with van der Waals surface area (Å²) in [4.78, 5) is 10.9. The molecular formula is C13H18ClNO4S. The van der Waals surface area contributed by atoms with Crippen LogP contribution in [0.15, 0.2) is 23.1 Å². The lowest BCUT2D eigenvalue weighted by Gasteiger charge is -2.27. The summed E-state index contributed by atoms with van der Waals surface area (Å²) in [5, 5.41) is 9.01. The normalized spacial score (nSPS) is 13.8. The van der Waals surface area contributed by atoms with Gasteiger partial charge in [0.05, 0.1) is 15.5 Å². The lowest BCUT2D eigenvalue weighted by molar-refractivity contribution is 0.0697. The monoisotopic (exact) mass is 319 g/mol. The SMILES string of the molecule is CC(C)C(C)N(C)S(=O)(=O)c1ccc(Cl)c(C(=O)O)c1. The van der Waals surface area contributed by atoms with Crippen LogP contribution in [0.1, 0.15) is 31.1 Å². The fraction of sp³-hybridized carbons (Fsp3) is 0.462. The fourth-order valence-electron chi connectivity index (χ4n) is 1.63. The number of hydrogen-bond acceptors (Lipinski definition) is 3. The van der Waals surface area contributed by atoms with Crippen LogP contribution in [0.2, 0.25) is 5.02 Å². The Kier molecular flexibility index (Phi) is 5.18. The van der Waals surface area contributed by atoms with Crippen molar-refractivity contribution in [3.63, 3.8) is 0 Å². The second-order valence-corrected chi connectivity index (χ2v) is 7.36. The molecule has 1 N–H and O–H groups in total. The van der Waals surface area contributed by atoms with E-state index in [1.54, 1.807) is 6.92 Å². The highest BCUT2D eigenvalue weighted by molar-refractivity contribution is 7.89. The maximum Gasteiger partial charge on any atom is 0.337 e. The molecule has 0 radical (unpaired) electrons. The third-order valence-corrected chi connectivity index (χ3v) is 5.65. The van der Waals surface area contributed by atoms with Crippen LogP contribution in [0.3, 0.4) is 0 Å². The molecule has 0 fully saturated rings. The summed E-state index contributed by atoms with van der Waals surface area (Å²) in [6.07, 6.45) is 0. The van der Waals surface area contributed by atoms with Gasteiger partial charge in [-0.25, -0.2) is 13.2 Å². The van der Waals surface area contributed by atoms with Gasteiger partial charge in [-0.2, -0.15) is 4.31 Å². The van der Waals surface area contributed by atoms with E-state index < -0.39 is 16.0 Å². The largest absolute Gasteiger partial charge is 0.478 e. The number of carboxylic acids is 1. The molecule has 1 aromatic carbocycles. The van der Waals surface area contributed by atoms with E-state index in [2.05, 4.69) is 0 Å². The lowest BCUT2D eigenvalue weighted by Crippen LogP contribution is -2.38. The molecule has 0 heterocycles. The van der Waals surface area contributed by atoms with Crippen molar-refractivity contribution in [3.05, 3.63) is 28.8 Å². The number of aromatic carboxylic acids is 1. The Hall–Kier alpha value is -1.11. The molecule has 1 atom stereocenters. The van der Waals surface area contributed by atoms with Gasteiger partial charge in [0, 0.05) is 13.1 Å². The van der Waals surface area contributed by atoms with Crippen molar-refractivity contribution in [3.8, 4) is 0 Å². The molecule has 1 unspecified atom stereocenters. The fourth-order valence-corrected chi connectivity index (χ4v) is 3.35. The van der Waals surface area contributed by atoms with Crippen molar-refractivity contribution in [2.75, 3.05) is 7.05 Å². The second-order valence-electron chi connectivity index (χ2n) is 4.95. The third-order valence-electron chi connectivity index (χ3n) is 3.38. The summed E-state index contributed by atoms with van der Waals surface area (Å²) in [6.45, 7) is 5.64. The number of benzene rings is 1. The van der Waals surface area contributed by atoms with Gasteiger partial charge in [0.15, 0.2) is 0 Å².